The molecule has 1 saturated heterocycles. The van der Waals surface area contributed by atoms with E-state index in [-0.39, 0.29) is 37.7 Å². The van der Waals surface area contributed by atoms with Crippen molar-refractivity contribution in [2.75, 3.05) is 26.7 Å². The van der Waals surface area contributed by atoms with Crippen LogP contribution in [-0.4, -0.2) is 71.9 Å². The highest BCUT2D eigenvalue weighted by atomic mass is 16.6. The van der Waals surface area contributed by atoms with Crippen molar-refractivity contribution in [1.82, 2.24) is 9.80 Å². The molecule has 1 heterocycles. The first-order valence-electron chi connectivity index (χ1n) is 7.40. The number of piperazine rings is 1. The maximum Gasteiger partial charge on any atom is 0.411 e. The summed E-state index contributed by atoms with van der Waals surface area (Å²) >= 11 is 0. The number of amides is 2. The van der Waals surface area contributed by atoms with Crippen LogP contribution in [0.25, 0.3) is 0 Å². The lowest BCUT2D eigenvalue weighted by molar-refractivity contribution is -0.151. The van der Waals surface area contributed by atoms with Crippen molar-refractivity contribution < 1.29 is 28.7 Å². The molecule has 1 unspecified atom stereocenters. The van der Waals surface area contributed by atoms with Crippen molar-refractivity contribution in [3.05, 3.63) is 0 Å². The molecule has 0 aromatic rings. The van der Waals surface area contributed by atoms with Crippen molar-refractivity contribution in [3.63, 3.8) is 0 Å². The van der Waals surface area contributed by atoms with Gasteiger partial charge in [-0.05, 0) is 27.7 Å². The predicted molar refractivity (Wildman–Crippen MR) is 80.6 cm³/mol. The van der Waals surface area contributed by atoms with Gasteiger partial charge in [0.25, 0.3) is 0 Å². The highest BCUT2D eigenvalue weighted by Crippen LogP contribution is 2.17. The minimum atomic E-state index is -0.945. The summed E-state index contributed by atoms with van der Waals surface area (Å²) in [6.45, 7) is 6.86. The fourth-order valence-corrected chi connectivity index (χ4v) is 2.21. The second-order valence-electron chi connectivity index (χ2n) is 6.43. The third kappa shape index (κ3) is 5.54. The molecule has 0 spiro atoms. The highest BCUT2D eigenvalue weighted by molar-refractivity contribution is 5.97. The van der Waals surface area contributed by atoms with Crippen LogP contribution in [0.5, 0.6) is 0 Å². The summed E-state index contributed by atoms with van der Waals surface area (Å²) in [6.07, 6.45) is -0.855. The number of carbonyl (C=O) groups is 4. The third-order valence-corrected chi connectivity index (χ3v) is 3.23. The van der Waals surface area contributed by atoms with Crippen LogP contribution in [0.3, 0.4) is 0 Å². The molecule has 1 fully saturated rings. The van der Waals surface area contributed by atoms with Crippen molar-refractivity contribution in [2.24, 2.45) is 0 Å². The molecular weight excluding hydrogens is 304 g/mol. The Hall–Kier alpha value is -2.12. The molecule has 0 saturated carbocycles. The number of nitrogens with zero attached hydrogens (tertiary/aromatic N) is 2. The number of methoxy groups -OCH3 is 1. The predicted octanol–water partition coefficient (Wildman–Crippen LogP) is 0.586. The van der Waals surface area contributed by atoms with Gasteiger partial charge in [-0.1, -0.05) is 0 Å². The average molecular weight is 328 g/mol. The molecule has 2 amide bonds. The normalized spacial score (nSPS) is 18.4. The van der Waals surface area contributed by atoms with Gasteiger partial charge < -0.3 is 14.4 Å². The highest BCUT2D eigenvalue weighted by Gasteiger charge is 2.39. The molecule has 8 heteroatoms. The van der Waals surface area contributed by atoms with E-state index in [1.807, 2.05) is 0 Å². The van der Waals surface area contributed by atoms with Crippen LogP contribution in [0.1, 0.15) is 34.1 Å². The van der Waals surface area contributed by atoms with E-state index in [0.29, 0.717) is 0 Å². The van der Waals surface area contributed by atoms with Gasteiger partial charge in [-0.15, -0.1) is 0 Å². The van der Waals surface area contributed by atoms with E-state index < -0.39 is 23.7 Å². The Bertz CT molecular complexity index is 497. The van der Waals surface area contributed by atoms with Gasteiger partial charge in [0, 0.05) is 13.1 Å². The third-order valence-electron chi connectivity index (χ3n) is 3.23. The maximum absolute atomic E-state index is 12.2. The molecule has 0 radical (unpaired) electrons. The Morgan fingerprint density at radius 3 is 2.22 bits per heavy atom. The molecule has 1 atom stereocenters. The number of ketones is 1. The van der Waals surface area contributed by atoms with E-state index in [2.05, 4.69) is 0 Å². The fourth-order valence-electron chi connectivity index (χ4n) is 2.21. The second kappa shape index (κ2) is 7.43. The number of esters is 1. The summed E-state index contributed by atoms with van der Waals surface area (Å²) in [6, 6.07) is -0.945. The minimum Gasteiger partial charge on any atom is -0.467 e. The number of hydrogen-bond donors (Lipinski definition) is 0. The number of ether oxygens (including phenoxy) is 2. The smallest absolute Gasteiger partial charge is 0.411 e. The Kier molecular flexibility index (Phi) is 6.12. The zero-order valence-corrected chi connectivity index (χ0v) is 14.2. The zero-order chi connectivity index (χ0) is 17.8. The lowest BCUT2D eigenvalue weighted by Crippen LogP contribution is -2.60. The lowest BCUT2D eigenvalue weighted by Gasteiger charge is -2.40. The molecule has 0 aromatic carbocycles. The summed E-state index contributed by atoms with van der Waals surface area (Å²) in [4.78, 5) is 49.9. The van der Waals surface area contributed by atoms with Gasteiger partial charge in [0.05, 0.1) is 20.1 Å². The number of carbonyl (C=O) groups excluding carboxylic acids is 4. The Balaban J connectivity index is 2.86. The molecule has 0 aliphatic carbocycles. The first-order valence-corrected chi connectivity index (χ1v) is 7.40. The lowest BCUT2D eigenvalue weighted by atomic mass is 10.1. The van der Waals surface area contributed by atoms with Gasteiger partial charge in [0.2, 0.25) is 5.91 Å². The van der Waals surface area contributed by atoms with E-state index in [1.54, 1.807) is 20.8 Å². The molecule has 1 aliphatic heterocycles. The summed E-state index contributed by atoms with van der Waals surface area (Å²) in [5.41, 5.74) is -0.695. The van der Waals surface area contributed by atoms with Crippen LogP contribution >= 0.6 is 0 Å². The van der Waals surface area contributed by atoms with Gasteiger partial charge >= 0.3 is 12.1 Å². The van der Waals surface area contributed by atoms with Crippen LogP contribution in [-0.2, 0) is 23.9 Å². The molecule has 0 aromatic heterocycles. The standard InChI is InChI=1S/C15H24N2O6/c1-10(18)8-12(19)16-6-7-17(11(9-16)13(20)22-5)14(21)23-15(2,3)4/h11H,6-9H2,1-5H3. The van der Waals surface area contributed by atoms with Crippen LogP contribution in [0, 0.1) is 0 Å². The molecule has 0 bridgehead atoms. The molecule has 8 nitrogen and oxygen atoms in total. The van der Waals surface area contributed by atoms with Gasteiger partial charge in [-0.2, -0.15) is 0 Å². The van der Waals surface area contributed by atoms with Crippen molar-refractivity contribution >= 4 is 23.8 Å². The van der Waals surface area contributed by atoms with Crippen molar-refractivity contribution in [1.29, 1.82) is 0 Å². The zero-order valence-electron chi connectivity index (χ0n) is 14.2. The molecule has 1 aliphatic rings. The molecular formula is C15H24N2O6. The Labute approximate surface area is 135 Å². The van der Waals surface area contributed by atoms with Crippen LogP contribution in [0.15, 0.2) is 0 Å². The quantitative estimate of drug-likeness (QED) is 0.556. The topological polar surface area (TPSA) is 93.2 Å². The summed E-state index contributed by atoms with van der Waals surface area (Å²) in [5.74, 6) is -1.24. The summed E-state index contributed by atoms with van der Waals surface area (Å²) in [5, 5.41) is 0. The Morgan fingerprint density at radius 2 is 1.74 bits per heavy atom. The van der Waals surface area contributed by atoms with Gasteiger partial charge in [-0.25, -0.2) is 9.59 Å². The van der Waals surface area contributed by atoms with Crippen molar-refractivity contribution in [3.8, 4) is 0 Å². The van der Waals surface area contributed by atoms with Gasteiger partial charge in [0.1, 0.15) is 11.4 Å². The van der Waals surface area contributed by atoms with Crippen LogP contribution in [0.2, 0.25) is 0 Å². The summed E-state index contributed by atoms with van der Waals surface area (Å²) in [7, 11) is 1.21. The van der Waals surface area contributed by atoms with Gasteiger partial charge in [0.15, 0.2) is 6.04 Å². The van der Waals surface area contributed by atoms with E-state index >= 15 is 0 Å². The van der Waals surface area contributed by atoms with Crippen LogP contribution in [0.4, 0.5) is 4.79 Å². The SMILES string of the molecule is COC(=O)C1CN(C(=O)CC(C)=O)CCN1C(=O)OC(C)(C)C. The van der Waals surface area contributed by atoms with Gasteiger partial charge in [-0.3, -0.25) is 14.5 Å². The molecule has 23 heavy (non-hydrogen) atoms. The molecule has 1 rings (SSSR count). The largest absolute Gasteiger partial charge is 0.467 e. The first kappa shape index (κ1) is 18.9. The van der Waals surface area contributed by atoms with Crippen molar-refractivity contribution in [2.45, 2.75) is 45.8 Å². The van der Waals surface area contributed by atoms with E-state index in [0.717, 1.165) is 0 Å². The fraction of sp³-hybridized carbons (Fsp3) is 0.733. The monoisotopic (exact) mass is 328 g/mol. The Morgan fingerprint density at radius 1 is 1.13 bits per heavy atom. The van der Waals surface area contributed by atoms with Crippen LogP contribution < -0.4 is 0 Å². The summed E-state index contributed by atoms with van der Waals surface area (Å²) < 4.78 is 10.0. The maximum atomic E-state index is 12.2. The minimum absolute atomic E-state index is 0.0158. The second-order valence-corrected chi connectivity index (χ2v) is 6.43. The van der Waals surface area contributed by atoms with E-state index in [4.69, 9.17) is 9.47 Å². The molecule has 0 N–H and O–H groups in total. The van der Waals surface area contributed by atoms with E-state index in [9.17, 15) is 19.2 Å². The molecule has 130 valence electrons. The number of rotatable bonds is 3. The number of Topliss-reactive ketones (excluding diaryl/α,β-unsaturated/α-hetero) is 1. The first-order chi connectivity index (χ1) is 10.5. The van der Waals surface area contributed by atoms with E-state index in [1.165, 1.54) is 23.8 Å². The number of hydrogen-bond acceptors (Lipinski definition) is 6. The average Bonchev–Trinajstić information content (AvgIpc) is 2.43.